The number of aromatic nitrogens is 6. The van der Waals surface area contributed by atoms with Gasteiger partial charge in [-0.15, -0.1) is 0 Å². The number of fused-ring (bicyclic) bond motifs is 1. The maximum Gasteiger partial charge on any atom is 0.434 e. The second kappa shape index (κ2) is 10.3. The number of hydrogen-bond acceptors (Lipinski definition) is 8. The maximum absolute atomic E-state index is 13.5. The molecule has 3 aromatic heterocycles. The predicted molar refractivity (Wildman–Crippen MR) is 140 cm³/mol. The number of methoxy groups -OCH3 is 1. The molecule has 0 saturated heterocycles. The average molecular weight is 587 g/mol. The third kappa shape index (κ3) is 4.99. The number of amides is 1. The second-order valence-corrected chi connectivity index (χ2v) is 9.96. The summed E-state index contributed by atoms with van der Waals surface area (Å²) in [7, 11) is 3.12. The number of nitrogens with zero attached hydrogens (tertiary/aromatic N) is 8. The van der Waals surface area contributed by atoms with Crippen LogP contribution in [0.25, 0.3) is 22.8 Å². The molecule has 0 bridgehead atoms. The molecule has 2 aliphatic rings. The first-order valence-corrected chi connectivity index (χ1v) is 12.9. The first-order chi connectivity index (χ1) is 20.0. The van der Waals surface area contributed by atoms with E-state index in [2.05, 4.69) is 19.9 Å². The number of anilines is 2. The Hall–Kier alpha value is -4.69. The lowest BCUT2D eigenvalue weighted by Gasteiger charge is -2.34. The van der Waals surface area contributed by atoms with E-state index in [9.17, 15) is 26.7 Å². The molecule has 0 unspecified atom stereocenters. The third-order valence-corrected chi connectivity index (χ3v) is 7.15. The van der Waals surface area contributed by atoms with Gasteiger partial charge >= 0.3 is 12.7 Å². The van der Waals surface area contributed by atoms with Crippen LogP contribution in [-0.4, -0.2) is 56.1 Å². The molecule has 0 radical (unpaired) electrons. The van der Waals surface area contributed by atoms with Gasteiger partial charge in [-0.3, -0.25) is 9.36 Å². The molecule has 1 amide bonds. The van der Waals surface area contributed by atoms with E-state index in [1.165, 1.54) is 30.5 Å². The van der Waals surface area contributed by atoms with Crippen LogP contribution in [0.3, 0.4) is 0 Å². The molecule has 10 nitrogen and oxygen atoms in total. The molecule has 6 rings (SSSR count). The van der Waals surface area contributed by atoms with E-state index in [-0.39, 0.29) is 35.0 Å². The normalized spacial score (nSPS) is 15.4. The summed E-state index contributed by atoms with van der Waals surface area (Å²) in [6.07, 6.45) is 0.371. The summed E-state index contributed by atoms with van der Waals surface area (Å²) in [5, 5.41) is 0. The van der Waals surface area contributed by atoms with E-state index in [1.54, 1.807) is 30.3 Å². The van der Waals surface area contributed by atoms with Crippen LogP contribution in [0.1, 0.15) is 42.3 Å². The highest BCUT2D eigenvalue weighted by Crippen LogP contribution is 2.45. The van der Waals surface area contributed by atoms with Crippen LogP contribution in [0.2, 0.25) is 0 Å². The van der Waals surface area contributed by atoms with E-state index in [0.717, 1.165) is 18.5 Å². The molecule has 0 atom stereocenters. The minimum Gasteiger partial charge on any atom is -0.480 e. The van der Waals surface area contributed by atoms with Crippen LogP contribution in [0, 0.1) is 0 Å². The number of hydrogen-bond donors (Lipinski definition) is 0. The molecular weight excluding hydrogens is 563 g/mol. The molecule has 1 aliphatic carbocycles. The quantitative estimate of drug-likeness (QED) is 0.277. The average Bonchev–Trinajstić information content (AvgIpc) is 3.71. The van der Waals surface area contributed by atoms with Crippen LogP contribution < -0.4 is 14.5 Å². The van der Waals surface area contributed by atoms with Gasteiger partial charge in [-0.1, -0.05) is 24.3 Å². The maximum atomic E-state index is 13.5. The molecule has 1 saturated carbocycles. The number of rotatable bonds is 7. The smallest absolute Gasteiger partial charge is 0.434 e. The zero-order chi connectivity index (χ0) is 29.8. The summed E-state index contributed by atoms with van der Waals surface area (Å²) in [5.74, 6) is 0.700. The fourth-order valence-electron chi connectivity index (χ4n) is 4.85. The number of ether oxygens (including phenoxy) is 1. The van der Waals surface area contributed by atoms with Gasteiger partial charge in [0.2, 0.25) is 11.8 Å². The van der Waals surface area contributed by atoms with Gasteiger partial charge in [0.15, 0.2) is 17.3 Å². The summed E-state index contributed by atoms with van der Waals surface area (Å²) in [4.78, 5) is 37.4. The summed E-state index contributed by atoms with van der Waals surface area (Å²) in [6.45, 7) is -3.03. The summed E-state index contributed by atoms with van der Waals surface area (Å²) >= 11 is 0. The lowest BCUT2D eigenvalue weighted by atomic mass is 10.1. The summed E-state index contributed by atoms with van der Waals surface area (Å²) < 4.78 is 72.0. The van der Waals surface area contributed by atoms with Crippen molar-refractivity contribution in [1.82, 2.24) is 29.5 Å². The Kier molecular flexibility index (Phi) is 6.74. The lowest BCUT2D eigenvalue weighted by Crippen LogP contribution is -2.44. The van der Waals surface area contributed by atoms with Gasteiger partial charge in [0.05, 0.1) is 25.5 Å². The number of carbonyl (C=O) groups excluding carboxylic acids is 1. The SMILES string of the molecule is COc1ncnc(C2CC2)c1-c1ncc2c(n1)N(Cc1ccc(-c3nc(C(F)(F)F)cn3C(F)F)cc1)CC(=O)N2C. The van der Waals surface area contributed by atoms with Crippen LogP contribution in [0.15, 0.2) is 43.0 Å². The van der Waals surface area contributed by atoms with Crippen molar-refractivity contribution in [2.75, 3.05) is 30.5 Å². The molecule has 1 aromatic carbocycles. The van der Waals surface area contributed by atoms with Crippen molar-refractivity contribution in [3.05, 3.63) is 59.9 Å². The fourth-order valence-corrected chi connectivity index (χ4v) is 4.85. The van der Waals surface area contributed by atoms with E-state index < -0.39 is 24.2 Å². The van der Waals surface area contributed by atoms with Gasteiger partial charge in [0.1, 0.15) is 23.4 Å². The number of carbonyl (C=O) groups is 1. The van der Waals surface area contributed by atoms with Gasteiger partial charge in [-0.2, -0.15) is 22.0 Å². The fraction of sp³-hybridized carbons (Fsp3) is 0.333. The summed E-state index contributed by atoms with van der Waals surface area (Å²) in [5.41, 5.74) is 1.19. The van der Waals surface area contributed by atoms with Crippen molar-refractivity contribution in [2.45, 2.75) is 38.0 Å². The molecule has 0 spiro atoms. The Morgan fingerprint density at radius 1 is 1.07 bits per heavy atom. The Bertz CT molecular complexity index is 1650. The molecule has 0 N–H and O–H groups in total. The Morgan fingerprint density at radius 3 is 2.45 bits per heavy atom. The number of likely N-dealkylation sites (N-methyl/N-ethyl adjacent to an activating group) is 1. The molecule has 1 aliphatic heterocycles. The van der Waals surface area contributed by atoms with Crippen molar-refractivity contribution >= 4 is 17.4 Å². The highest BCUT2D eigenvalue weighted by Gasteiger charge is 2.36. The summed E-state index contributed by atoms with van der Waals surface area (Å²) in [6, 6.07) is 5.98. The number of benzene rings is 1. The largest absolute Gasteiger partial charge is 0.480 e. The van der Waals surface area contributed by atoms with Crippen molar-refractivity contribution in [3.8, 4) is 28.7 Å². The third-order valence-electron chi connectivity index (χ3n) is 7.15. The second-order valence-electron chi connectivity index (χ2n) is 9.96. The number of halogens is 5. The van der Waals surface area contributed by atoms with Crippen molar-refractivity contribution in [1.29, 1.82) is 0 Å². The van der Waals surface area contributed by atoms with E-state index in [4.69, 9.17) is 9.72 Å². The van der Waals surface area contributed by atoms with Gasteiger partial charge in [0.25, 0.3) is 0 Å². The van der Waals surface area contributed by atoms with Gasteiger partial charge in [-0.05, 0) is 18.4 Å². The Morgan fingerprint density at radius 2 is 1.81 bits per heavy atom. The van der Waals surface area contributed by atoms with E-state index >= 15 is 0 Å². The van der Waals surface area contributed by atoms with Gasteiger partial charge < -0.3 is 14.5 Å². The van der Waals surface area contributed by atoms with Crippen LogP contribution in [0.4, 0.5) is 33.5 Å². The zero-order valence-corrected chi connectivity index (χ0v) is 22.3. The molecule has 4 aromatic rings. The molecule has 4 heterocycles. The highest BCUT2D eigenvalue weighted by atomic mass is 19.4. The molecule has 1 fully saturated rings. The van der Waals surface area contributed by atoms with Crippen LogP contribution >= 0.6 is 0 Å². The highest BCUT2D eigenvalue weighted by molar-refractivity contribution is 6.02. The van der Waals surface area contributed by atoms with E-state index in [1.807, 2.05) is 0 Å². The molecule has 15 heteroatoms. The monoisotopic (exact) mass is 586 g/mol. The molecular formula is C27H23F5N8O2. The first-order valence-electron chi connectivity index (χ1n) is 12.9. The zero-order valence-electron chi connectivity index (χ0n) is 22.3. The number of imidazole rings is 1. The molecule has 218 valence electrons. The van der Waals surface area contributed by atoms with Crippen molar-refractivity contribution in [3.63, 3.8) is 0 Å². The Labute approximate surface area is 235 Å². The van der Waals surface area contributed by atoms with Crippen LogP contribution in [0.5, 0.6) is 5.88 Å². The van der Waals surface area contributed by atoms with Crippen molar-refractivity contribution < 1.29 is 31.5 Å². The minimum absolute atomic E-state index is 0.00958. The standard InChI is InChI=1S/C27H23F5N8O2/c1-38-17-9-33-22(20-21(15-7-8-15)34-13-35-25(20)42-2)37-24(17)39(12-19(38)41)10-14-3-5-16(6-4-14)23-36-18(27(30,31)32)11-40(23)26(28)29/h3-6,9,11,13,15,26H,7-8,10,12H2,1-2H3. The first kappa shape index (κ1) is 27.5. The topological polar surface area (TPSA) is 102 Å². The predicted octanol–water partition coefficient (Wildman–Crippen LogP) is 5.08. The molecule has 42 heavy (non-hydrogen) atoms. The van der Waals surface area contributed by atoms with Gasteiger partial charge in [-0.25, -0.2) is 24.9 Å². The van der Waals surface area contributed by atoms with E-state index in [0.29, 0.717) is 40.5 Å². The lowest BCUT2D eigenvalue weighted by molar-refractivity contribution is -0.141. The Balaban J connectivity index is 1.33. The van der Waals surface area contributed by atoms with Crippen molar-refractivity contribution in [2.24, 2.45) is 0 Å². The van der Waals surface area contributed by atoms with Gasteiger partial charge in [0, 0.05) is 31.3 Å². The number of alkyl halides is 5. The van der Waals surface area contributed by atoms with Crippen LogP contribution in [-0.2, 0) is 17.5 Å². The minimum atomic E-state index is -4.87.